The first-order chi connectivity index (χ1) is 10.7. The zero-order valence-corrected chi connectivity index (χ0v) is 12.2. The third-order valence-electron chi connectivity index (χ3n) is 3.59. The zero-order valence-electron chi connectivity index (χ0n) is 12.2. The molecule has 1 atom stereocenters. The largest absolute Gasteiger partial charge is 0.474 e. The maximum absolute atomic E-state index is 12.7. The fourth-order valence-electron chi connectivity index (χ4n) is 2.51. The van der Waals surface area contributed by atoms with Gasteiger partial charge in [-0.3, -0.25) is 9.69 Å². The summed E-state index contributed by atoms with van der Waals surface area (Å²) in [6.45, 7) is 0.0713. The van der Waals surface area contributed by atoms with E-state index in [9.17, 15) is 9.90 Å². The Morgan fingerprint density at radius 2 is 2.00 bits per heavy atom. The first-order valence-electron chi connectivity index (χ1n) is 7.00. The van der Waals surface area contributed by atoms with Crippen molar-refractivity contribution in [1.82, 2.24) is 0 Å². The van der Waals surface area contributed by atoms with Gasteiger partial charge in [-0.05, 0) is 17.7 Å². The first kappa shape index (κ1) is 14.6. The number of benzene rings is 2. The molecule has 2 aromatic carbocycles. The number of hydrogen-bond acceptors (Lipinski definition) is 4. The third-order valence-corrected chi connectivity index (χ3v) is 3.59. The SMILES string of the molecule is COCN1C(=O)C(c2ccccc2)Oc2cc(CO)ccc21. The van der Waals surface area contributed by atoms with Crippen molar-refractivity contribution in [3.05, 3.63) is 59.7 Å². The minimum absolute atomic E-state index is 0.0785. The molecule has 0 fully saturated rings. The second-order valence-electron chi connectivity index (χ2n) is 5.05. The molecule has 22 heavy (non-hydrogen) atoms. The van der Waals surface area contributed by atoms with Crippen molar-refractivity contribution in [2.45, 2.75) is 12.7 Å². The zero-order chi connectivity index (χ0) is 15.5. The fraction of sp³-hybridized carbons (Fsp3) is 0.235. The molecular weight excluding hydrogens is 282 g/mol. The van der Waals surface area contributed by atoms with Crippen molar-refractivity contribution in [1.29, 1.82) is 0 Å². The molecule has 0 saturated heterocycles. The highest BCUT2D eigenvalue weighted by molar-refractivity contribution is 6.00. The predicted molar refractivity (Wildman–Crippen MR) is 81.5 cm³/mol. The maximum atomic E-state index is 12.7. The Bertz CT molecular complexity index is 672. The highest BCUT2D eigenvalue weighted by Crippen LogP contribution is 2.39. The van der Waals surface area contributed by atoms with Crippen LogP contribution >= 0.6 is 0 Å². The van der Waals surface area contributed by atoms with Crippen LogP contribution < -0.4 is 9.64 Å². The summed E-state index contributed by atoms with van der Waals surface area (Å²) in [5.74, 6) is 0.398. The molecule has 114 valence electrons. The van der Waals surface area contributed by atoms with Crippen LogP contribution in [0.1, 0.15) is 17.2 Å². The van der Waals surface area contributed by atoms with Gasteiger partial charge in [0.2, 0.25) is 6.10 Å². The van der Waals surface area contributed by atoms with E-state index >= 15 is 0 Å². The Morgan fingerprint density at radius 1 is 1.23 bits per heavy atom. The molecule has 0 aliphatic carbocycles. The number of fused-ring (bicyclic) bond motifs is 1. The van der Waals surface area contributed by atoms with Crippen molar-refractivity contribution in [3.63, 3.8) is 0 Å². The number of carbonyl (C=O) groups is 1. The van der Waals surface area contributed by atoms with E-state index in [2.05, 4.69) is 0 Å². The van der Waals surface area contributed by atoms with Crippen LogP contribution in [0.25, 0.3) is 0 Å². The molecule has 5 nitrogen and oxygen atoms in total. The van der Waals surface area contributed by atoms with E-state index in [4.69, 9.17) is 9.47 Å². The summed E-state index contributed by atoms with van der Waals surface area (Å²) >= 11 is 0. The summed E-state index contributed by atoms with van der Waals surface area (Å²) < 4.78 is 11.0. The lowest BCUT2D eigenvalue weighted by Gasteiger charge is -2.34. The normalized spacial score (nSPS) is 17.1. The minimum atomic E-state index is -0.710. The Kier molecular flexibility index (Phi) is 4.09. The monoisotopic (exact) mass is 299 g/mol. The molecule has 0 bridgehead atoms. The van der Waals surface area contributed by atoms with Gasteiger partial charge in [0, 0.05) is 12.7 Å². The van der Waals surface area contributed by atoms with Crippen LogP contribution in [-0.4, -0.2) is 24.9 Å². The van der Waals surface area contributed by atoms with Gasteiger partial charge in [0.25, 0.3) is 5.91 Å². The Labute approximate surface area is 128 Å². The van der Waals surface area contributed by atoms with Gasteiger partial charge in [-0.25, -0.2) is 0 Å². The average molecular weight is 299 g/mol. The third kappa shape index (κ3) is 2.56. The van der Waals surface area contributed by atoms with Crippen molar-refractivity contribution in [2.75, 3.05) is 18.7 Å². The van der Waals surface area contributed by atoms with E-state index < -0.39 is 6.10 Å². The van der Waals surface area contributed by atoms with Crippen molar-refractivity contribution in [2.24, 2.45) is 0 Å². The van der Waals surface area contributed by atoms with Crippen molar-refractivity contribution < 1.29 is 19.4 Å². The van der Waals surface area contributed by atoms with Crippen molar-refractivity contribution in [3.8, 4) is 5.75 Å². The average Bonchev–Trinajstić information content (AvgIpc) is 2.57. The lowest BCUT2D eigenvalue weighted by molar-refractivity contribution is -0.127. The van der Waals surface area contributed by atoms with Crippen LogP contribution in [0.2, 0.25) is 0 Å². The second kappa shape index (κ2) is 6.17. The highest BCUT2D eigenvalue weighted by Gasteiger charge is 2.35. The molecule has 2 aromatic rings. The highest BCUT2D eigenvalue weighted by atomic mass is 16.5. The Hall–Kier alpha value is -2.37. The number of hydrogen-bond donors (Lipinski definition) is 1. The Morgan fingerprint density at radius 3 is 2.68 bits per heavy atom. The van der Waals surface area contributed by atoms with E-state index in [0.717, 1.165) is 11.1 Å². The molecule has 0 radical (unpaired) electrons. The lowest BCUT2D eigenvalue weighted by atomic mass is 10.0. The smallest absolute Gasteiger partial charge is 0.274 e. The molecule has 1 amide bonds. The predicted octanol–water partition coefficient (Wildman–Crippen LogP) is 2.25. The van der Waals surface area contributed by atoms with Crippen LogP contribution in [0.4, 0.5) is 5.69 Å². The topological polar surface area (TPSA) is 59.0 Å². The number of carbonyl (C=O) groups excluding carboxylic acids is 1. The molecular formula is C17H17NO4. The molecule has 1 aliphatic rings. The second-order valence-corrected chi connectivity index (χ2v) is 5.05. The van der Waals surface area contributed by atoms with Gasteiger partial charge in [-0.2, -0.15) is 0 Å². The van der Waals surface area contributed by atoms with E-state index in [1.165, 1.54) is 0 Å². The molecule has 5 heteroatoms. The van der Waals surface area contributed by atoms with Crippen LogP contribution in [0.5, 0.6) is 5.75 Å². The van der Waals surface area contributed by atoms with E-state index in [1.807, 2.05) is 30.3 Å². The molecule has 1 aliphatic heterocycles. The number of aliphatic hydroxyl groups is 1. The quantitative estimate of drug-likeness (QED) is 0.940. The number of ether oxygens (including phenoxy) is 2. The van der Waals surface area contributed by atoms with E-state index in [0.29, 0.717) is 11.4 Å². The first-order valence-corrected chi connectivity index (χ1v) is 7.00. The van der Waals surface area contributed by atoms with Crippen LogP contribution in [-0.2, 0) is 16.1 Å². The number of rotatable bonds is 4. The summed E-state index contributed by atoms with van der Waals surface area (Å²) in [5, 5.41) is 9.28. The maximum Gasteiger partial charge on any atom is 0.274 e. The summed E-state index contributed by atoms with van der Waals surface area (Å²) in [6, 6.07) is 14.6. The molecule has 0 aromatic heterocycles. The Balaban J connectivity index is 2.04. The van der Waals surface area contributed by atoms with E-state index in [1.54, 1.807) is 30.2 Å². The number of amides is 1. The number of anilines is 1. The molecule has 3 rings (SSSR count). The summed E-state index contributed by atoms with van der Waals surface area (Å²) in [4.78, 5) is 14.3. The van der Waals surface area contributed by atoms with Crippen molar-refractivity contribution >= 4 is 11.6 Å². The van der Waals surface area contributed by atoms with Crippen LogP contribution in [0.3, 0.4) is 0 Å². The van der Waals surface area contributed by atoms with Gasteiger partial charge in [0.15, 0.2) is 0 Å². The van der Waals surface area contributed by atoms with Crippen LogP contribution in [0, 0.1) is 0 Å². The molecule has 0 spiro atoms. The molecule has 1 unspecified atom stereocenters. The lowest BCUT2D eigenvalue weighted by Crippen LogP contribution is -2.42. The van der Waals surface area contributed by atoms with Gasteiger partial charge in [0.1, 0.15) is 12.5 Å². The van der Waals surface area contributed by atoms with Gasteiger partial charge in [0.05, 0.1) is 12.3 Å². The van der Waals surface area contributed by atoms with Gasteiger partial charge < -0.3 is 14.6 Å². The van der Waals surface area contributed by atoms with Crippen LogP contribution in [0.15, 0.2) is 48.5 Å². The number of aliphatic hydroxyl groups excluding tert-OH is 1. The summed E-state index contributed by atoms with van der Waals surface area (Å²) in [7, 11) is 1.54. The number of methoxy groups -OCH3 is 1. The van der Waals surface area contributed by atoms with Gasteiger partial charge in [-0.15, -0.1) is 0 Å². The van der Waals surface area contributed by atoms with Gasteiger partial charge in [-0.1, -0.05) is 36.4 Å². The standard InChI is InChI=1S/C17H17NO4/c1-21-11-18-14-8-7-12(10-19)9-15(14)22-16(17(18)20)13-5-3-2-4-6-13/h2-9,16,19H,10-11H2,1H3. The fourth-order valence-corrected chi connectivity index (χ4v) is 2.51. The molecule has 1 heterocycles. The molecule has 1 N–H and O–H groups in total. The summed E-state index contributed by atoms with van der Waals surface area (Å²) in [6.07, 6.45) is -0.710. The number of nitrogens with zero attached hydrogens (tertiary/aromatic N) is 1. The molecule has 0 saturated carbocycles. The minimum Gasteiger partial charge on any atom is -0.474 e. The van der Waals surface area contributed by atoms with Gasteiger partial charge >= 0.3 is 0 Å². The van der Waals surface area contributed by atoms with E-state index in [-0.39, 0.29) is 19.2 Å². The summed E-state index contributed by atoms with van der Waals surface area (Å²) in [5.41, 5.74) is 2.17.